The summed E-state index contributed by atoms with van der Waals surface area (Å²) >= 11 is 1.42. The van der Waals surface area contributed by atoms with Gasteiger partial charge in [0.2, 0.25) is 5.91 Å². The third kappa shape index (κ3) is 3.94. The molecule has 1 N–H and O–H groups in total. The zero-order valence-electron chi connectivity index (χ0n) is 15.2. The van der Waals surface area contributed by atoms with E-state index in [9.17, 15) is 4.79 Å². The molecule has 0 aliphatic heterocycles. The summed E-state index contributed by atoms with van der Waals surface area (Å²) < 4.78 is 5.44. The Kier molecular flexibility index (Phi) is 5.68. The van der Waals surface area contributed by atoms with Crippen molar-refractivity contribution in [2.45, 2.75) is 26.2 Å². The summed E-state index contributed by atoms with van der Waals surface area (Å²) in [4.78, 5) is 17.3. The summed E-state index contributed by atoms with van der Waals surface area (Å²) in [5, 5.41) is 5.50. The van der Waals surface area contributed by atoms with E-state index in [1.807, 2.05) is 67.8 Å². The van der Waals surface area contributed by atoms with Crippen LogP contribution in [0.2, 0.25) is 0 Å². The number of aryl methyl sites for hydroxylation is 1. The molecule has 0 aliphatic rings. The molecule has 3 rings (SSSR count). The van der Waals surface area contributed by atoms with E-state index in [0.717, 1.165) is 34.6 Å². The SMILES string of the molecule is CCC(C(=O)Nc1nc(-c2cc(C)ccc2OC)cs1)c1ccccc1. The molecule has 0 radical (unpaired) electrons. The van der Waals surface area contributed by atoms with E-state index in [-0.39, 0.29) is 11.8 Å². The van der Waals surface area contributed by atoms with E-state index in [2.05, 4.69) is 10.3 Å². The highest BCUT2D eigenvalue weighted by Crippen LogP contribution is 2.33. The van der Waals surface area contributed by atoms with E-state index in [1.54, 1.807) is 7.11 Å². The highest BCUT2D eigenvalue weighted by molar-refractivity contribution is 7.14. The zero-order chi connectivity index (χ0) is 18.5. The Hall–Kier alpha value is -2.66. The number of methoxy groups -OCH3 is 1. The van der Waals surface area contributed by atoms with Gasteiger partial charge in [0.1, 0.15) is 5.75 Å². The van der Waals surface area contributed by atoms with Gasteiger partial charge >= 0.3 is 0 Å². The predicted molar refractivity (Wildman–Crippen MR) is 107 cm³/mol. The van der Waals surface area contributed by atoms with Crippen molar-refractivity contribution >= 4 is 22.4 Å². The van der Waals surface area contributed by atoms with Crippen LogP contribution in [-0.4, -0.2) is 18.0 Å². The van der Waals surface area contributed by atoms with Crippen molar-refractivity contribution in [3.05, 3.63) is 65.0 Å². The maximum Gasteiger partial charge on any atom is 0.233 e. The van der Waals surface area contributed by atoms with Gasteiger partial charge in [0.15, 0.2) is 5.13 Å². The molecule has 0 saturated heterocycles. The van der Waals surface area contributed by atoms with Gasteiger partial charge in [0.25, 0.3) is 0 Å². The van der Waals surface area contributed by atoms with Gasteiger partial charge in [-0.1, -0.05) is 48.9 Å². The van der Waals surface area contributed by atoms with E-state index in [4.69, 9.17) is 4.74 Å². The van der Waals surface area contributed by atoms with E-state index < -0.39 is 0 Å². The van der Waals surface area contributed by atoms with Gasteiger partial charge in [-0.05, 0) is 31.0 Å². The minimum absolute atomic E-state index is 0.0317. The maximum absolute atomic E-state index is 12.7. The van der Waals surface area contributed by atoms with Gasteiger partial charge in [-0.15, -0.1) is 11.3 Å². The lowest BCUT2D eigenvalue weighted by Gasteiger charge is -2.14. The minimum Gasteiger partial charge on any atom is -0.496 e. The number of hydrogen-bond acceptors (Lipinski definition) is 4. The number of ether oxygens (including phenoxy) is 1. The van der Waals surface area contributed by atoms with Gasteiger partial charge in [-0.3, -0.25) is 4.79 Å². The van der Waals surface area contributed by atoms with Gasteiger partial charge in [0, 0.05) is 10.9 Å². The fourth-order valence-electron chi connectivity index (χ4n) is 2.93. The molecule has 0 aliphatic carbocycles. The first-order chi connectivity index (χ1) is 12.6. The van der Waals surface area contributed by atoms with Gasteiger partial charge in [0.05, 0.1) is 18.7 Å². The zero-order valence-corrected chi connectivity index (χ0v) is 16.0. The molecule has 1 atom stereocenters. The lowest BCUT2D eigenvalue weighted by atomic mass is 9.96. The molecular formula is C21H22N2O2S. The third-order valence-electron chi connectivity index (χ3n) is 4.29. The number of carbonyl (C=O) groups excluding carboxylic acids is 1. The third-order valence-corrected chi connectivity index (χ3v) is 5.05. The van der Waals surface area contributed by atoms with Crippen molar-refractivity contribution in [1.29, 1.82) is 0 Å². The normalized spacial score (nSPS) is 11.8. The number of amides is 1. The number of rotatable bonds is 6. The number of nitrogens with one attached hydrogen (secondary N) is 1. The van der Waals surface area contributed by atoms with Crippen molar-refractivity contribution in [3.8, 4) is 17.0 Å². The molecule has 0 saturated carbocycles. The molecule has 1 amide bonds. The summed E-state index contributed by atoms with van der Waals surface area (Å²) in [7, 11) is 1.65. The maximum atomic E-state index is 12.7. The van der Waals surface area contributed by atoms with Crippen LogP contribution in [0, 0.1) is 6.92 Å². The number of benzene rings is 2. The Balaban J connectivity index is 1.80. The fourth-order valence-corrected chi connectivity index (χ4v) is 3.64. The number of thiazole rings is 1. The lowest BCUT2D eigenvalue weighted by molar-refractivity contribution is -0.117. The Labute approximate surface area is 157 Å². The molecule has 5 heteroatoms. The topological polar surface area (TPSA) is 51.2 Å². The van der Waals surface area contributed by atoms with E-state index >= 15 is 0 Å². The standard InChI is InChI=1S/C21H22N2O2S/c1-4-16(15-8-6-5-7-9-15)20(24)23-21-22-18(13-26-21)17-12-14(2)10-11-19(17)25-3/h5-13,16H,4H2,1-3H3,(H,22,23,24). The van der Waals surface area contributed by atoms with E-state index in [0.29, 0.717) is 5.13 Å². The summed E-state index contributed by atoms with van der Waals surface area (Å²) in [6.07, 6.45) is 0.736. The second-order valence-electron chi connectivity index (χ2n) is 6.10. The number of carbonyl (C=O) groups is 1. The average Bonchev–Trinajstić information content (AvgIpc) is 3.11. The first-order valence-electron chi connectivity index (χ1n) is 8.58. The van der Waals surface area contributed by atoms with Gasteiger partial charge in [-0.2, -0.15) is 0 Å². The molecule has 4 nitrogen and oxygen atoms in total. The summed E-state index contributed by atoms with van der Waals surface area (Å²) in [5.41, 5.74) is 3.89. The number of hydrogen-bond donors (Lipinski definition) is 1. The summed E-state index contributed by atoms with van der Waals surface area (Å²) in [6.45, 7) is 4.05. The van der Waals surface area contributed by atoms with Crippen LogP contribution < -0.4 is 10.1 Å². The second kappa shape index (κ2) is 8.15. The van der Waals surface area contributed by atoms with Crippen LogP contribution in [0.25, 0.3) is 11.3 Å². The number of aromatic nitrogens is 1. The largest absolute Gasteiger partial charge is 0.496 e. The first-order valence-corrected chi connectivity index (χ1v) is 9.46. The fraction of sp³-hybridized carbons (Fsp3) is 0.238. The highest BCUT2D eigenvalue weighted by atomic mass is 32.1. The number of anilines is 1. The van der Waals surface area contributed by atoms with Crippen LogP contribution in [0.15, 0.2) is 53.9 Å². The van der Waals surface area contributed by atoms with Crippen molar-refractivity contribution in [2.75, 3.05) is 12.4 Å². The quantitative estimate of drug-likeness (QED) is 0.647. The van der Waals surface area contributed by atoms with Crippen molar-refractivity contribution in [1.82, 2.24) is 4.98 Å². The van der Waals surface area contributed by atoms with Crippen LogP contribution in [0.4, 0.5) is 5.13 Å². The molecule has 134 valence electrons. The van der Waals surface area contributed by atoms with Crippen LogP contribution in [0.5, 0.6) is 5.75 Å². The smallest absolute Gasteiger partial charge is 0.233 e. The molecule has 0 fully saturated rings. The second-order valence-corrected chi connectivity index (χ2v) is 6.96. The average molecular weight is 366 g/mol. The Morgan fingerprint density at radius 3 is 2.69 bits per heavy atom. The molecule has 1 heterocycles. The van der Waals surface area contributed by atoms with Crippen LogP contribution in [-0.2, 0) is 4.79 Å². The molecule has 0 bridgehead atoms. The van der Waals surface area contributed by atoms with Crippen molar-refractivity contribution in [2.24, 2.45) is 0 Å². The highest BCUT2D eigenvalue weighted by Gasteiger charge is 2.20. The molecule has 0 spiro atoms. The molecular weight excluding hydrogens is 344 g/mol. The summed E-state index contributed by atoms with van der Waals surface area (Å²) in [6, 6.07) is 15.8. The van der Waals surface area contributed by atoms with Crippen LogP contribution in [0.1, 0.15) is 30.4 Å². The van der Waals surface area contributed by atoms with E-state index in [1.165, 1.54) is 11.3 Å². The first kappa shape index (κ1) is 18.1. The molecule has 3 aromatic rings. The predicted octanol–water partition coefficient (Wildman–Crippen LogP) is 5.26. The van der Waals surface area contributed by atoms with Crippen molar-refractivity contribution in [3.63, 3.8) is 0 Å². The van der Waals surface area contributed by atoms with Gasteiger partial charge in [-0.25, -0.2) is 4.98 Å². The van der Waals surface area contributed by atoms with Crippen LogP contribution >= 0.6 is 11.3 Å². The Morgan fingerprint density at radius 1 is 1.23 bits per heavy atom. The molecule has 1 aromatic heterocycles. The summed E-state index contributed by atoms with van der Waals surface area (Å²) in [5.74, 6) is 0.558. The molecule has 2 aromatic carbocycles. The monoisotopic (exact) mass is 366 g/mol. The minimum atomic E-state index is -0.183. The van der Waals surface area contributed by atoms with Gasteiger partial charge < -0.3 is 10.1 Å². The number of nitrogens with zero attached hydrogens (tertiary/aromatic N) is 1. The Morgan fingerprint density at radius 2 is 2.00 bits per heavy atom. The van der Waals surface area contributed by atoms with Crippen molar-refractivity contribution < 1.29 is 9.53 Å². The molecule has 1 unspecified atom stereocenters. The Bertz CT molecular complexity index is 890. The molecule has 26 heavy (non-hydrogen) atoms. The lowest BCUT2D eigenvalue weighted by Crippen LogP contribution is -2.20. The van der Waals surface area contributed by atoms with Crippen LogP contribution in [0.3, 0.4) is 0 Å².